The zero-order valence-electron chi connectivity index (χ0n) is 12.3. The molecule has 0 bridgehead atoms. The second kappa shape index (κ2) is 6.82. The third-order valence-corrected chi connectivity index (χ3v) is 3.16. The lowest BCUT2D eigenvalue weighted by molar-refractivity contribution is 0.102. The minimum Gasteiger partial charge on any atom is -0.336 e. The molecule has 0 fully saturated rings. The van der Waals surface area contributed by atoms with E-state index in [-0.39, 0.29) is 22.9 Å². The molecule has 1 heterocycles. The molecule has 120 valence electrons. The summed E-state index contributed by atoms with van der Waals surface area (Å²) < 4.78 is 27.1. The Morgan fingerprint density at radius 1 is 0.792 bits per heavy atom. The van der Waals surface area contributed by atoms with Crippen molar-refractivity contribution in [2.24, 2.45) is 0 Å². The molecular weight excluding hydrogens is 314 g/mol. The van der Waals surface area contributed by atoms with E-state index in [0.29, 0.717) is 0 Å². The van der Waals surface area contributed by atoms with Crippen LogP contribution in [0.15, 0.2) is 60.7 Å². The molecule has 2 aromatic carbocycles. The zero-order chi connectivity index (χ0) is 16.9. The van der Waals surface area contributed by atoms with Gasteiger partial charge in [-0.2, -0.15) is 0 Å². The first kappa shape index (κ1) is 15.5. The Bertz CT molecular complexity index is 868. The molecule has 3 rings (SSSR count). The molecule has 0 aliphatic carbocycles. The molecule has 0 unspecified atom stereocenters. The SMILES string of the molecule is O=C(Nc1ccccc1F)c1ccc(Nc2ccccc2F)nn1. The fourth-order valence-electron chi connectivity index (χ4n) is 1.97. The number of amides is 1. The van der Waals surface area contributed by atoms with Gasteiger partial charge in [0.2, 0.25) is 0 Å². The lowest BCUT2D eigenvalue weighted by Gasteiger charge is -2.07. The quantitative estimate of drug-likeness (QED) is 0.766. The van der Waals surface area contributed by atoms with Gasteiger partial charge in [-0.3, -0.25) is 4.79 Å². The maximum atomic E-state index is 13.6. The van der Waals surface area contributed by atoms with Crippen LogP contribution in [0.3, 0.4) is 0 Å². The number of halogens is 2. The molecule has 7 heteroatoms. The van der Waals surface area contributed by atoms with Gasteiger partial charge in [-0.25, -0.2) is 8.78 Å². The van der Waals surface area contributed by atoms with Gasteiger partial charge in [-0.15, -0.1) is 10.2 Å². The number of benzene rings is 2. The predicted molar refractivity (Wildman–Crippen MR) is 86.1 cm³/mol. The molecule has 2 N–H and O–H groups in total. The Labute approximate surface area is 136 Å². The highest BCUT2D eigenvalue weighted by atomic mass is 19.1. The van der Waals surface area contributed by atoms with Crippen molar-refractivity contribution in [1.82, 2.24) is 10.2 Å². The molecule has 1 amide bonds. The molecule has 0 spiro atoms. The molecule has 0 saturated heterocycles. The van der Waals surface area contributed by atoms with Gasteiger partial charge in [0.05, 0.1) is 11.4 Å². The van der Waals surface area contributed by atoms with Gasteiger partial charge in [0.15, 0.2) is 11.5 Å². The van der Waals surface area contributed by atoms with E-state index in [9.17, 15) is 13.6 Å². The molecule has 0 saturated carbocycles. The highest BCUT2D eigenvalue weighted by Gasteiger charge is 2.11. The highest BCUT2D eigenvalue weighted by molar-refractivity contribution is 6.02. The maximum absolute atomic E-state index is 13.6. The Morgan fingerprint density at radius 3 is 2.00 bits per heavy atom. The zero-order valence-corrected chi connectivity index (χ0v) is 12.3. The Balaban J connectivity index is 1.71. The molecule has 24 heavy (non-hydrogen) atoms. The van der Waals surface area contributed by atoms with Gasteiger partial charge in [-0.1, -0.05) is 24.3 Å². The topological polar surface area (TPSA) is 66.9 Å². The number of aromatic nitrogens is 2. The maximum Gasteiger partial charge on any atom is 0.276 e. The van der Waals surface area contributed by atoms with Crippen LogP contribution in [0.5, 0.6) is 0 Å². The first-order valence-electron chi connectivity index (χ1n) is 7.04. The summed E-state index contributed by atoms with van der Waals surface area (Å²) in [6.45, 7) is 0. The van der Waals surface area contributed by atoms with Crippen molar-refractivity contribution in [3.63, 3.8) is 0 Å². The van der Waals surface area contributed by atoms with Gasteiger partial charge >= 0.3 is 0 Å². The number of carbonyl (C=O) groups excluding carboxylic acids is 1. The van der Waals surface area contributed by atoms with Crippen LogP contribution in [0.2, 0.25) is 0 Å². The number of rotatable bonds is 4. The van der Waals surface area contributed by atoms with Crippen molar-refractivity contribution < 1.29 is 13.6 Å². The second-order valence-corrected chi connectivity index (χ2v) is 4.84. The smallest absolute Gasteiger partial charge is 0.276 e. The molecular formula is C17H12F2N4O. The van der Waals surface area contributed by atoms with Crippen molar-refractivity contribution in [1.29, 1.82) is 0 Å². The Kier molecular flexibility index (Phi) is 4.42. The molecule has 1 aromatic heterocycles. The van der Waals surface area contributed by atoms with Gasteiger partial charge in [0, 0.05) is 0 Å². The first-order chi connectivity index (χ1) is 11.6. The van der Waals surface area contributed by atoms with Gasteiger partial charge in [-0.05, 0) is 36.4 Å². The van der Waals surface area contributed by atoms with Crippen molar-refractivity contribution in [3.8, 4) is 0 Å². The number of para-hydroxylation sites is 2. The van der Waals surface area contributed by atoms with Crippen LogP contribution < -0.4 is 10.6 Å². The van der Waals surface area contributed by atoms with Crippen molar-refractivity contribution in [2.45, 2.75) is 0 Å². The summed E-state index contributed by atoms with van der Waals surface area (Å²) in [5, 5.41) is 12.7. The lowest BCUT2D eigenvalue weighted by Crippen LogP contribution is -2.15. The van der Waals surface area contributed by atoms with E-state index >= 15 is 0 Å². The summed E-state index contributed by atoms with van der Waals surface area (Å²) >= 11 is 0. The van der Waals surface area contributed by atoms with Crippen LogP contribution in [0.1, 0.15) is 10.5 Å². The number of hydrogen-bond donors (Lipinski definition) is 2. The first-order valence-corrected chi connectivity index (χ1v) is 7.04. The van der Waals surface area contributed by atoms with Crippen LogP contribution in [0.25, 0.3) is 0 Å². The summed E-state index contributed by atoms with van der Waals surface area (Å²) in [5.74, 6) is -1.29. The summed E-state index contributed by atoms with van der Waals surface area (Å²) in [6.07, 6.45) is 0. The third-order valence-electron chi connectivity index (χ3n) is 3.16. The molecule has 0 atom stereocenters. The molecule has 5 nitrogen and oxygen atoms in total. The molecule has 0 radical (unpaired) electrons. The summed E-state index contributed by atoms with van der Waals surface area (Å²) in [7, 11) is 0. The second-order valence-electron chi connectivity index (χ2n) is 4.84. The van der Waals surface area contributed by atoms with E-state index in [1.165, 1.54) is 36.4 Å². The van der Waals surface area contributed by atoms with E-state index < -0.39 is 17.5 Å². The van der Waals surface area contributed by atoms with Crippen LogP contribution in [-0.4, -0.2) is 16.1 Å². The third kappa shape index (κ3) is 3.52. The number of nitrogens with one attached hydrogen (secondary N) is 2. The van der Waals surface area contributed by atoms with Crippen molar-refractivity contribution in [2.75, 3.05) is 10.6 Å². The largest absolute Gasteiger partial charge is 0.336 e. The number of carbonyl (C=O) groups is 1. The van der Waals surface area contributed by atoms with E-state index in [2.05, 4.69) is 20.8 Å². The summed E-state index contributed by atoms with van der Waals surface area (Å²) in [4.78, 5) is 12.0. The summed E-state index contributed by atoms with van der Waals surface area (Å²) in [6, 6.07) is 14.8. The minimum absolute atomic E-state index is 0.0114. The standard InChI is InChI=1S/C17H12F2N4O/c18-11-5-1-3-7-13(11)20-16-10-9-15(22-23-16)17(24)21-14-8-4-2-6-12(14)19/h1-10H,(H,20,23)(H,21,24). The Morgan fingerprint density at radius 2 is 1.42 bits per heavy atom. The van der Waals surface area contributed by atoms with Crippen molar-refractivity contribution >= 4 is 23.1 Å². The van der Waals surface area contributed by atoms with E-state index in [4.69, 9.17) is 0 Å². The average Bonchev–Trinajstić information content (AvgIpc) is 2.59. The van der Waals surface area contributed by atoms with Crippen LogP contribution in [0, 0.1) is 11.6 Å². The van der Waals surface area contributed by atoms with Crippen LogP contribution >= 0.6 is 0 Å². The van der Waals surface area contributed by atoms with Crippen molar-refractivity contribution in [3.05, 3.63) is 78.0 Å². The molecule has 0 aliphatic heterocycles. The highest BCUT2D eigenvalue weighted by Crippen LogP contribution is 2.18. The van der Waals surface area contributed by atoms with E-state index in [1.54, 1.807) is 24.3 Å². The van der Waals surface area contributed by atoms with Gasteiger partial charge in [0.25, 0.3) is 5.91 Å². The number of nitrogens with zero attached hydrogens (tertiary/aromatic N) is 2. The fourth-order valence-corrected chi connectivity index (χ4v) is 1.97. The lowest BCUT2D eigenvalue weighted by atomic mass is 10.3. The average molecular weight is 326 g/mol. The number of anilines is 3. The van der Waals surface area contributed by atoms with Gasteiger partial charge < -0.3 is 10.6 Å². The summed E-state index contributed by atoms with van der Waals surface area (Å²) in [5.41, 5.74) is 0.311. The molecule has 3 aromatic rings. The predicted octanol–water partition coefficient (Wildman–Crippen LogP) is 3.75. The Hall–Kier alpha value is -3.35. The fraction of sp³-hybridized carbons (Fsp3) is 0. The van der Waals surface area contributed by atoms with E-state index in [1.807, 2.05) is 0 Å². The van der Waals surface area contributed by atoms with Gasteiger partial charge in [0.1, 0.15) is 11.6 Å². The molecule has 0 aliphatic rings. The normalized spacial score (nSPS) is 10.2. The monoisotopic (exact) mass is 326 g/mol. The number of hydrogen-bond acceptors (Lipinski definition) is 4. The van der Waals surface area contributed by atoms with Crippen LogP contribution in [-0.2, 0) is 0 Å². The van der Waals surface area contributed by atoms with E-state index in [0.717, 1.165) is 0 Å². The minimum atomic E-state index is -0.593. The van der Waals surface area contributed by atoms with Crippen LogP contribution in [0.4, 0.5) is 26.0 Å².